The number of likely N-dealkylation sites (N-methyl/N-ethyl adjacent to an activating group) is 2. The first-order valence-electron chi connectivity index (χ1n) is 17.3. The van der Waals surface area contributed by atoms with E-state index in [9.17, 15) is 9.59 Å². The van der Waals surface area contributed by atoms with E-state index in [0.717, 1.165) is 44.9 Å². The molecule has 0 saturated heterocycles. The van der Waals surface area contributed by atoms with Gasteiger partial charge in [0.25, 0.3) is 0 Å². The molecule has 6 aromatic rings. The number of imidazole rings is 2. The third-order valence-electron chi connectivity index (χ3n) is 9.06. The Labute approximate surface area is 304 Å². The van der Waals surface area contributed by atoms with Gasteiger partial charge in [0, 0.05) is 17.3 Å². The first-order chi connectivity index (χ1) is 25.1. The standard InChI is InChI=1S/C41H45N9O2/c1-26(45-40(51)36(49(3)4)30-13-9-7-10-14-30)38-43-24-34(47-38)29-19-17-28(18-20-29)33-22-21-32(23-42-33)35-25-44-39(48-35)27(2)46-41(52)37(50(5)6)31-15-11-8-12-16-31/h7-27,36-37H,1-6H3,(H,43,47)(H,44,48)(H,45,51)(H,46,52)/t26-,27+,36-,37+/m1/s1. The lowest BCUT2D eigenvalue weighted by Crippen LogP contribution is -2.38. The Bertz CT molecular complexity index is 1920. The number of rotatable bonds is 13. The van der Waals surface area contributed by atoms with Crippen LogP contribution in [0.15, 0.2) is 116 Å². The van der Waals surface area contributed by atoms with Gasteiger partial charge in [-0.15, -0.1) is 0 Å². The van der Waals surface area contributed by atoms with E-state index < -0.39 is 12.1 Å². The summed E-state index contributed by atoms with van der Waals surface area (Å²) in [7, 11) is 7.59. The van der Waals surface area contributed by atoms with E-state index in [4.69, 9.17) is 4.98 Å². The van der Waals surface area contributed by atoms with Crippen LogP contribution in [0.4, 0.5) is 0 Å². The molecule has 0 aliphatic rings. The molecule has 3 heterocycles. The Balaban J connectivity index is 1.07. The lowest BCUT2D eigenvalue weighted by atomic mass is 10.0. The fraction of sp³-hybridized carbons (Fsp3) is 0.244. The van der Waals surface area contributed by atoms with Gasteiger partial charge in [0.1, 0.15) is 23.7 Å². The van der Waals surface area contributed by atoms with Crippen molar-refractivity contribution >= 4 is 11.8 Å². The monoisotopic (exact) mass is 695 g/mol. The Hall–Kier alpha value is -5.91. The number of aromatic nitrogens is 5. The van der Waals surface area contributed by atoms with Crippen molar-refractivity contribution in [2.45, 2.75) is 38.0 Å². The molecule has 11 heteroatoms. The summed E-state index contributed by atoms with van der Waals surface area (Å²) < 4.78 is 0. The second-order valence-electron chi connectivity index (χ2n) is 13.4. The number of H-pyrrole nitrogens is 2. The maximum atomic E-state index is 13.2. The average Bonchev–Trinajstić information content (AvgIpc) is 3.84. The van der Waals surface area contributed by atoms with Crippen LogP contribution in [0.1, 0.15) is 60.8 Å². The molecule has 52 heavy (non-hydrogen) atoms. The van der Waals surface area contributed by atoms with Crippen molar-refractivity contribution in [3.05, 3.63) is 138 Å². The van der Waals surface area contributed by atoms with Gasteiger partial charge in [0.15, 0.2) is 0 Å². The third kappa shape index (κ3) is 8.17. The second-order valence-corrected chi connectivity index (χ2v) is 13.4. The molecule has 2 amide bonds. The number of amides is 2. The molecule has 0 fully saturated rings. The van der Waals surface area contributed by atoms with Crippen LogP contribution < -0.4 is 10.6 Å². The quantitative estimate of drug-likeness (QED) is 0.109. The number of hydrogen-bond acceptors (Lipinski definition) is 7. The molecular weight excluding hydrogens is 651 g/mol. The lowest BCUT2D eigenvalue weighted by Gasteiger charge is -2.25. The molecule has 266 valence electrons. The molecule has 3 aromatic heterocycles. The Morgan fingerprint density at radius 2 is 0.962 bits per heavy atom. The number of hydrogen-bond donors (Lipinski definition) is 4. The molecule has 4 N–H and O–H groups in total. The molecule has 3 aromatic carbocycles. The van der Waals surface area contributed by atoms with Crippen LogP contribution in [0.25, 0.3) is 33.8 Å². The number of aromatic amines is 2. The van der Waals surface area contributed by atoms with Crippen LogP contribution in [0.3, 0.4) is 0 Å². The minimum Gasteiger partial charge on any atom is -0.345 e. The van der Waals surface area contributed by atoms with E-state index >= 15 is 0 Å². The SMILES string of the molecule is C[C@H](NC(=O)[C@H](c1ccccc1)N(C)C)c1ncc(-c2ccc(-c3ccc(-c4cnc([C@@H](C)NC(=O)[C@@H](c5ccccc5)N(C)C)[nH]4)cc3)nc2)[nH]1. The largest absolute Gasteiger partial charge is 0.345 e. The molecule has 0 saturated carbocycles. The van der Waals surface area contributed by atoms with Gasteiger partial charge in [-0.2, -0.15) is 0 Å². The predicted molar refractivity (Wildman–Crippen MR) is 204 cm³/mol. The van der Waals surface area contributed by atoms with Gasteiger partial charge < -0.3 is 20.6 Å². The number of pyridine rings is 1. The summed E-state index contributed by atoms with van der Waals surface area (Å²) in [6.07, 6.45) is 5.37. The van der Waals surface area contributed by atoms with E-state index in [0.29, 0.717) is 11.6 Å². The fourth-order valence-electron chi connectivity index (χ4n) is 6.31. The summed E-state index contributed by atoms with van der Waals surface area (Å²) in [5, 5.41) is 6.21. The number of nitrogens with one attached hydrogen (secondary N) is 4. The van der Waals surface area contributed by atoms with Crippen LogP contribution >= 0.6 is 0 Å². The highest BCUT2D eigenvalue weighted by molar-refractivity contribution is 5.84. The number of nitrogens with zero attached hydrogens (tertiary/aromatic N) is 5. The van der Waals surface area contributed by atoms with Gasteiger partial charge in [0.05, 0.1) is 41.6 Å². The van der Waals surface area contributed by atoms with Crippen molar-refractivity contribution in [2.24, 2.45) is 0 Å². The summed E-state index contributed by atoms with van der Waals surface area (Å²) >= 11 is 0. The van der Waals surface area contributed by atoms with E-state index in [2.05, 4.69) is 30.6 Å². The maximum absolute atomic E-state index is 13.2. The van der Waals surface area contributed by atoms with E-state index in [1.54, 1.807) is 12.4 Å². The zero-order chi connectivity index (χ0) is 36.8. The maximum Gasteiger partial charge on any atom is 0.242 e. The van der Waals surface area contributed by atoms with Crippen molar-refractivity contribution in [1.29, 1.82) is 0 Å². The summed E-state index contributed by atoms with van der Waals surface area (Å²) in [5.74, 6) is 1.16. The predicted octanol–water partition coefficient (Wildman–Crippen LogP) is 6.49. The Morgan fingerprint density at radius 1 is 0.538 bits per heavy atom. The Morgan fingerprint density at radius 3 is 1.38 bits per heavy atom. The second kappa shape index (κ2) is 16.0. The number of benzene rings is 3. The van der Waals surface area contributed by atoms with Crippen LogP contribution in [0, 0.1) is 0 Å². The number of carbonyl (C=O) groups excluding carboxylic acids is 2. The Kier molecular flexibility index (Phi) is 11.0. The minimum absolute atomic E-state index is 0.0895. The lowest BCUT2D eigenvalue weighted by molar-refractivity contribution is -0.127. The topological polar surface area (TPSA) is 135 Å². The summed E-state index contributed by atoms with van der Waals surface area (Å²) in [6.45, 7) is 3.84. The number of carbonyl (C=O) groups is 2. The van der Waals surface area contributed by atoms with Crippen molar-refractivity contribution in [1.82, 2.24) is 45.4 Å². The third-order valence-corrected chi connectivity index (χ3v) is 9.06. The molecule has 0 aliphatic carbocycles. The highest BCUT2D eigenvalue weighted by Gasteiger charge is 2.26. The van der Waals surface area contributed by atoms with E-state index in [1.807, 2.05) is 155 Å². The highest BCUT2D eigenvalue weighted by Crippen LogP contribution is 2.27. The first kappa shape index (κ1) is 35.9. The van der Waals surface area contributed by atoms with Crippen LogP contribution in [0.5, 0.6) is 0 Å². The molecule has 6 rings (SSSR count). The van der Waals surface area contributed by atoms with Crippen molar-refractivity contribution in [2.75, 3.05) is 28.2 Å². The van der Waals surface area contributed by atoms with Crippen molar-refractivity contribution < 1.29 is 9.59 Å². The normalized spacial score (nSPS) is 13.8. The van der Waals surface area contributed by atoms with Gasteiger partial charge >= 0.3 is 0 Å². The smallest absolute Gasteiger partial charge is 0.242 e. The van der Waals surface area contributed by atoms with Crippen LogP contribution in [0.2, 0.25) is 0 Å². The van der Waals surface area contributed by atoms with Crippen molar-refractivity contribution in [3.63, 3.8) is 0 Å². The fourth-order valence-corrected chi connectivity index (χ4v) is 6.31. The summed E-state index contributed by atoms with van der Waals surface area (Å²) in [4.78, 5) is 50.9. The van der Waals surface area contributed by atoms with Crippen LogP contribution in [-0.4, -0.2) is 74.7 Å². The van der Waals surface area contributed by atoms with Gasteiger partial charge in [-0.05, 0) is 70.9 Å². The van der Waals surface area contributed by atoms with E-state index in [-0.39, 0.29) is 23.9 Å². The zero-order valence-electron chi connectivity index (χ0n) is 30.3. The molecule has 0 aliphatic heterocycles. The molecule has 0 radical (unpaired) electrons. The summed E-state index contributed by atoms with van der Waals surface area (Å²) in [6, 6.07) is 30.1. The minimum atomic E-state index is -0.411. The molecule has 0 spiro atoms. The molecule has 0 bridgehead atoms. The zero-order valence-corrected chi connectivity index (χ0v) is 30.3. The molecule has 4 atom stereocenters. The van der Waals surface area contributed by atoms with E-state index in [1.165, 1.54) is 0 Å². The van der Waals surface area contributed by atoms with Gasteiger partial charge in [0.2, 0.25) is 11.8 Å². The van der Waals surface area contributed by atoms with Crippen LogP contribution in [-0.2, 0) is 9.59 Å². The van der Waals surface area contributed by atoms with Gasteiger partial charge in [-0.3, -0.25) is 24.4 Å². The molecular formula is C41H45N9O2. The van der Waals surface area contributed by atoms with Gasteiger partial charge in [-0.1, -0.05) is 84.9 Å². The summed E-state index contributed by atoms with van der Waals surface area (Å²) in [5.41, 5.74) is 7.20. The van der Waals surface area contributed by atoms with Gasteiger partial charge in [-0.25, -0.2) is 9.97 Å². The molecule has 11 nitrogen and oxygen atoms in total. The first-order valence-corrected chi connectivity index (χ1v) is 17.3. The molecule has 0 unspecified atom stereocenters. The van der Waals surface area contributed by atoms with Crippen molar-refractivity contribution in [3.8, 4) is 33.8 Å². The average molecular weight is 696 g/mol. The highest BCUT2D eigenvalue weighted by atomic mass is 16.2.